The lowest BCUT2D eigenvalue weighted by molar-refractivity contribution is -0.139. The molecule has 2 amide bonds. The molecule has 1 saturated heterocycles. The van der Waals surface area contributed by atoms with Crippen LogP contribution in [0, 0.1) is 5.92 Å². The van der Waals surface area contributed by atoms with Crippen LogP contribution in [0.25, 0.3) is 0 Å². The van der Waals surface area contributed by atoms with Gasteiger partial charge in [-0.25, -0.2) is 9.59 Å². The van der Waals surface area contributed by atoms with E-state index in [0.717, 1.165) is 38.9 Å². The lowest BCUT2D eigenvalue weighted by atomic mass is 10.0. The first kappa shape index (κ1) is 17.8. The molecule has 3 N–H and O–H groups in total. The highest BCUT2D eigenvalue weighted by atomic mass is 16.4. The van der Waals surface area contributed by atoms with Gasteiger partial charge in [0.2, 0.25) is 0 Å². The Bertz CT molecular complexity index is 339. The van der Waals surface area contributed by atoms with Crippen molar-refractivity contribution in [3.05, 3.63) is 0 Å². The fourth-order valence-electron chi connectivity index (χ4n) is 2.70. The quantitative estimate of drug-likeness (QED) is 0.668. The molecule has 0 aromatic carbocycles. The molecule has 0 radical (unpaired) electrons. The maximum atomic E-state index is 11.9. The molecule has 122 valence electrons. The number of urea groups is 1. The predicted octanol–water partition coefficient (Wildman–Crippen LogP) is 1.66. The van der Waals surface area contributed by atoms with Crippen molar-refractivity contribution in [3.8, 4) is 0 Å². The molecular weight excluding hydrogens is 270 g/mol. The largest absolute Gasteiger partial charge is 0.480 e. The Hall–Kier alpha value is -1.30. The van der Waals surface area contributed by atoms with Crippen LogP contribution in [-0.2, 0) is 4.79 Å². The molecule has 1 heterocycles. The third kappa shape index (κ3) is 6.80. The number of aliphatic carboxylic acids is 1. The molecule has 1 rings (SSSR count). The second-order valence-corrected chi connectivity index (χ2v) is 6.25. The number of nitrogens with zero attached hydrogens (tertiary/aromatic N) is 1. The van der Waals surface area contributed by atoms with Crippen LogP contribution in [0.2, 0.25) is 0 Å². The molecule has 0 aromatic rings. The third-order valence-corrected chi connectivity index (χ3v) is 3.77. The van der Waals surface area contributed by atoms with Crippen LogP contribution >= 0.6 is 0 Å². The van der Waals surface area contributed by atoms with Crippen LogP contribution in [0.5, 0.6) is 0 Å². The fourth-order valence-corrected chi connectivity index (χ4v) is 2.70. The van der Waals surface area contributed by atoms with E-state index in [2.05, 4.69) is 22.5 Å². The first-order chi connectivity index (χ1) is 9.92. The van der Waals surface area contributed by atoms with Crippen molar-refractivity contribution < 1.29 is 14.7 Å². The molecule has 0 spiro atoms. The van der Waals surface area contributed by atoms with E-state index in [0.29, 0.717) is 6.42 Å². The summed E-state index contributed by atoms with van der Waals surface area (Å²) in [6, 6.07) is -1.03. The SMILES string of the molecule is CCCN1CCC(NC(=O)NC(CC(C)C)C(=O)O)CC1. The van der Waals surface area contributed by atoms with E-state index in [-0.39, 0.29) is 18.0 Å². The maximum absolute atomic E-state index is 11.9. The lowest BCUT2D eigenvalue weighted by Gasteiger charge is -2.32. The van der Waals surface area contributed by atoms with Crippen molar-refractivity contribution in [2.24, 2.45) is 5.92 Å². The summed E-state index contributed by atoms with van der Waals surface area (Å²) in [6.45, 7) is 9.14. The summed E-state index contributed by atoms with van der Waals surface area (Å²) in [5, 5.41) is 14.6. The van der Waals surface area contributed by atoms with Crippen molar-refractivity contribution in [2.75, 3.05) is 19.6 Å². The Morgan fingerprint density at radius 1 is 1.29 bits per heavy atom. The Morgan fingerprint density at radius 2 is 1.90 bits per heavy atom. The van der Waals surface area contributed by atoms with Gasteiger partial charge in [-0.3, -0.25) is 0 Å². The first-order valence-corrected chi connectivity index (χ1v) is 7.94. The van der Waals surface area contributed by atoms with Crippen molar-refractivity contribution in [2.45, 2.75) is 58.5 Å². The highest BCUT2D eigenvalue weighted by molar-refractivity contribution is 5.82. The third-order valence-electron chi connectivity index (χ3n) is 3.77. The topological polar surface area (TPSA) is 81.7 Å². The Kier molecular flexibility index (Phi) is 7.50. The van der Waals surface area contributed by atoms with Crippen molar-refractivity contribution in [1.82, 2.24) is 15.5 Å². The van der Waals surface area contributed by atoms with Crippen molar-refractivity contribution >= 4 is 12.0 Å². The van der Waals surface area contributed by atoms with Crippen LogP contribution in [-0.4, -0.2) is 53.7 Å². The summed E-state index contributed by atoms with van der Waals surface area (Å²) in [5.41, 5.74) is 0. The first-order valence-electron chi connectivity index (χ1n) is 7.94. The normalized spacial score (nSPS) is 18.5. The number of piperidine rings is 1. The molecule has 0 aromatic heterocycles. The van der Waals surface area contributed by atoms with Gasteiger partial charge in [0.15, 0.2) is 0 Å². The standard InChI is InChI=1S/C15H29N3O3/c1-4-7-18-8-5-12(6-9-18)16-15(21)17-13(14(19)20)10-11(2)3/h11-13H,4-10H2,1-3H3,(H,19,20)(H2,16,17,21). The monoisotopic (exact) mass is 299 g/mol. The Morgan fingerprint density at radius 3 is 2.38 bits per heavy atom. The fraction of sp³-hybridized carbons (Fsp3) is 0.867. The van der Waals surface area contributed by atoms with Crippen molar-refractivity contribution in [1.29, 1.82) is 0 Å². The van der Waals surface area contributed by atoms with Crippen LogP contribution in [0.3, 0.4) is 0 Å². The van der Waals surface area contributed by atoms with Gasteiger partial charge in [0.25, 0.3) is 0 Å². The van der Waals surface area contributed by atoms with Crippen LogP contribution in [0.4, 0.5) is 4.79 Å². The van der Waals surface area contributed by atoms with E-state index in [1.165, 1.54) is 0 Å². The molecule has 1 atom stereocenters. The molecule has 21 heavy (non-hydrogen) atoms. The minimum Gasteiger partial charge on any atom is -0.480 e. The molecule has 1 unspecified atom stereocenters. The Labute approximate surface area is 127 Å². The zero-order chi connectivity index (χ0) is 15.8. The smallest absolute Gasteiger partial charge is 0.326 e. The number of hydrogen-bond acceptors (Lipinski definition) is 3. The number of carboxylic acids is 1. The van der Waals surface area contributed by atoms with Crippen LogP contribution < -0.4 is 10.6 Å². The van der Waals surface area contributed by atoms with Gasteiger partial charge in [0.1, 0.15) is 6.04 Å². The summed E-state index contributed by atoms with van der Waals surface area (Å²) in [4.78, 5) is 25.4. The average Bonchev–Trinajstić information content (AvgIpc) is 2.40. The molecule has 1 fully saturated rings. The highest BCUT2D eigenvalue weighted by Gasteiger charge is 2.24. The molecule has 6 nitrogen and oxygen atoms in total. The van der Waals surface area contributed by atoms with E-state index in [1.807, 2.05) is 13.8 Å². The second kappa shape index (κ2) is 8.87. The van der Waals surface area contributed by atoms with Gasteiger partial charge in [-0.05, 0) is 38.1 Å². The summed E-state index contributed by atoms with van der Waals surface area (Å²) in [5.74, 6) is -0.750. The van der Waals surface area contributed by atoms with Gasteiger partial charge in [0.05, 0.1) is 0 Å². The van der Waals surface area contributed by atoms with Crippen molar-refractivity contribution in [3.63, 3.8) is 0 Å². The number of amides is 2. The van der Waals surface area contributed by atoms with Gasteiger partial charge in [0, 0.05) is 19.1 Å². The lowest BCUT2D eigenvalue weighted by Crippen LogP contribution is -2.52. The number of carbonyl (C=O) groups is 2. The zero-order valence-corrected chi connectivity index (χ0v) is 13.4. The summed E-state index contributed by atoms with van der Waals surface area (Å²) in [6.07, 6.45) is 3.44. The van der Waals surface area contributed by atoms with E-state index < -0.39 is 12.0 Å². The van der Waals surface area contributed by atoms with E-state index in [4.69, 9.17) is 5.11 Å². The molecule has 0 saturated carbocycles. The summed E-state index contributed by atoms with van der Waals surface area (Å²) >= 11 is 0. The molecule has 1 aliphatic rings. The van der Waals surface area contributed by atoms with Crippen LogP contribution in [0.1, 0.15) is 46.5 Å². The van der Waals surface area contributed by atoms with Gasteiger partial charge in [-0.1, -0.05) is 20.8 Å². The number of hydrogen-bond donors (Lipinski definition) is 3. The van der Waals surface area contributed by atoms with Gasteiger partial charge in [-0.15, -0.1) is 0 Å². The number of carbonyl (C=O) groups excluding carboxylic acids is 1. The summed E-state index contributed by atoms with van der Waals surface area (Å²) in [7, 11) is 0. The van der Waals surface area contributed by atoms with E-state index in [9.17, 15) is 9.59 Å². The molecule has 6 heteroatoms. The molecule has 1 aliphatic heterocycles. The summed E-state index contributed by atoms with van der Waals surface area (Å²) < 4.78 is 0. The van der Waals surface area contributed by atoms with Gasteiger partial charge >= 0.3 is 12.0 Å². The second-order valence-electron chi connectivity index (χ2n) is 6.25. The molecule has 0 aliphatic carbocycles. The highest BCUT2D eigenvalue weighted by Crippen LogP contribution is 2.11. The maximum Gasteiger partial charge on any atom is 0.326 e. The average molecular weight is 299 g/mol. The van der Waals surface area contributed by atoms with Gasteiger partial charge in [-0.2, -0.15) is 0 Å². The van der Waals surface area contributed by atoms with Gasteiger partial charge < -0.3 is 20.6 Å². The number of rotatable bonds is 7. The molecule has 0 bridgehead atoms. The number of nitrogens with one attached hydrogen (secondary N) is 2. The number of carboxylic acid groups (broad SMARTS) is 1. The minimum atomic E-state index is -0.975. The van der Waals surface area contributed by atoms with Crippen LogP contribution in [0.15, 0.2) is 0 Å². The zero-order valence-electron chi connectivity index (χ0n) is 13.4. The molecular formula is C15H29N3O3. The predicted molar refractivity (Wildman–Crippen MR) is 82.3 cm³/mol. The van der Waals surface area contributed by atoms with E-state index in [1.54, 1.807) is 0 Å². The van der Waals surface area contributed by atoms with E-state index >= 15 is 0 Å². The number of likely N-dealkylation sites (tertiary alicyclic amines) is 1. The Balaban J connectivity index is 2.34. The minimum absolute atomic E-state index is 0.145.